The molecule has 3 heteroatoms. The van der Waals surface area contributed by atoms with E-state index in [2.05, 4.69) is 68.4 Å². The molecule has 1 aromatic heterocycles. The highest BCUT2D eigenvalue weighted by Crippen LogP contribution is 2.31. The lowest BCUT2D eigenvalue weighted by molar-refractivity contribution is 0.293. The second-order valence-electron chi connectivity index (χ2n) is 6.77. The van der Waals surface area contributed by atoms with E-state index in [1.54, 1.807) is 0 Å². The predicted molar refractivity (Wildman–Crippen MR) is 109 cm³/mol. The van der Waals surface area contributed by atoms with Gasteiger partial charge in [0.15, 0.2) is 0 Å². The summed E-state index contributed by atoms with van der Waals surface area (Å²) in [5.41, 5.74) is 6.67. The molecule has 0 amide bonds. The van der Waals surface area contributed by atoms with Gasteiger partial charge in [-0.3, -0.25) is 0 Å². The number of rotatable bonds is 5. The van der Waals surface area contributed by atoms with Crippen molar-refractivity contribution < 1.29 is 4.74 Å². The molecule has 0 aliphatic heterocycles. The summed E-state index contributed by atoms with van der Waals surface area (Å²) in [6, 6.07) is 26.9. The van der Waals surface area contributed by atoms with Crippen LogP contribution in [0.15, 0.2) is 85.1 Å². The van der Waals surface area contributed by atoms with Gasteiger partial charge in [-0.05, 0) is 42.7 Å². The van der Waals surface area contributed by atoms with E-state index in [9.17, 15) is 0 Å². The first-order valence-electron chi connectivity index (χ1n) is 9.09. The van der Waals surface area contributed by atoms with E-state index in [1.165, 1.54) is 11.1 Å². The van der Waals surface area contributed by atoms with Gasteiger partial charge in [0.2, 0.25) is 5.88 Å². The maximum absolute atomic E-state index is 6.11. The van der Waals surface area contributed by atoms with Crippen molar-refractivity contribution in [1.82, 2.24) is 9.78 Å². The molecule has 0 aliphatic rings. The fourth-order valence-electron chi connectivity index (χ4n) is 3.02. The van der Waals surface area contributed by atoms with Crippen molar-refractivity contribution in [2.75, 3.05) is 0 Å². The molecule has 27 heavy (non-hydrogen) atoms. The van der Waals surface area contributed by atoms with Crippen LogP contribution in [0.4, 0.5) is 0 Å². The fraction of sp³-hybridized carbons (Fsp3) is 0.125. The van der Waals surface area contributed by atoms with Gasteiger partial charge in [0.25, 0.3) is 0 Å². The van der Waals surface area contributed by atoms with Gasteiger partial charge < -0.3 is 4.74 Å². The first-order chi connectivity index (χ1) is 13.2. The van der Waals surface area contributed by atoms with Crippen molar-refractivity contribution in [3.8, 4) is 22.7 Å². The fourth-order valence-corrected chi connectivity index (χ4v) is 3.02. The van der Waals surface area contributed by atoms with E-state index in [-0.39, 0.29) is 0 Å². The number of ether oxygens (including phenoxy) is 1. The highest BCUT2D eigenvalue weighted by atomic mass is 16.5. The largest absolute Gasteiger partial charge is 0.471 e. The number of hydrogen-bond acceptors (Lipinski definition) is 2. The third kappa shape index (κ3) is 3.93. The molecule has 0 bridgehead atoms. The van der Waals surface area contributed by atoms with Crippen molar-refractivity contribution in [2.45, 2.75) is 20.5 Å². The van der Waals surface area contributed by atoms with Crippen LogP contribution in [0.1, 0.15) is 16.7 Å². The Morgan fingerprint density at radius 1 is 0.815 bits per heavy atom. The molecule has 0 fully saturated rings. The SMILES string of the molecule is Cc1ccc(-c2cn(-c3cccc(C)c3)nc2OCc2ccccc2)cc1. The minimum Gasteiger partial charge on any atom is -0.471 e. The Kier molecular flexibility index (Phi) is 4.75. The van der Waals surface area contributed by atoms with E-state index < -0.39 is 0 Å². The van der Waals surface area contributed by atoms with Crippen LogP contribution < -0.4 is 4.74 Å². The quantitative estimate of drug-likeness (QED) is 0.457. The lowest BCUT2D eigenvalue weighted by Crippen LogP contribution is -1.99. The van der Waals surface area contributed by atoms with Gasteiger partial charge in [0.05, 0.1) is 11.3 Å². The second kappa shape index (κ2) is 7.50. The van der Waals surface area contributed by atoms with Crippen LogP contribution in [0, 0.1) is 13.8 Å². The topological polar surface area (TPSA) is 27.1 Å². The summed E-state index contributed by atoms with van der Waals surface area (Å²) in [7, 11) is 0. The van der Waals surface area contributed by atoms with Crippen molar-refractivity contribution in [1.29, 1.82) is 0 Å². The lowest BCUT2D eigenvalue weighted by atomic mass is 10.1. The number of hydrogen-bond donors (Lipinski definition) is 0. The van der Waals surface area contributed by atoms with Crippen molar-refractivity contribution in [3.05, 3.63) is 102 Å². The van der Waals surface area contributed by atoms with Crippen LogP contribution in [0.5, 0.6) is 5.88 Å². The molecular weight excluding hydrogens is 332 g/mol. The van der Waals surface area contributed by atoms with E-state index in [4.69, 9.17) is 9.84 Å². The molecule has 1 heterocycles. The molecule has 0 radical (unpaired) electrons. The Hall–Kier alpha value is -3.33. The molecule has 3 aromatic carbocycles. The average Bonchev–Trinajstić information content (AvgIpc) is 3.12. The smallest absolute Gasteiger partial charge is 0.241 e. The van der Waals surface area contributed by atoms with Gasteiger partial charge in [0.1, 0.15) is 6.61 Å². The van der Waals surface area contributed by atoms with E-state index in [0.717, 1.165) is 22.4 Å². The van der Waals surface area contributed by atoms with Gasteiger partial charge in [-0.1, -0.05) is 72.3 Å². The number of aromatic nitrogens is 2. The number of aryl methyl sites for hydroxylation is 2. The zero-order valence-corrected chi connectivity index (χ0v) is 15.6. The summed E-state index contributed by atoms with van der Waals surface area (Å²) >= 11 is 0. The molecule has 0 aliphatic carbocycles. The van der Waals surface area contributed by atoms with Crippen LogP contribution in [-0.2, 0) is 6.61 Å². The molecule has 0 N–H and O–H groups in total. The summed E-state index contributed by atoms with van der Waals surface area (Å²) in [5, 5.41) is 4.73. The number of nitrogens with zero attached hydrogens (tertiary/aromatic N) is 2. The molecule has 3 nitrogen and oxygen atoms in total. The van der Waals surface area contributed by atoms with Gasteiger partial charge in [-0.25, -0.2) is 4.68 Å². The normalized spacial score (nSPS) is 10.7. The lowest BCUT2D eigenvalue weighted by Gasteiger charge is -2.06. The maximum Gasteiger partial charge on any atom is 0.241 e. The molecule has 0 spiro atoms. The Labute approximate surface area is 159 Å². The summed E-state index contributed by atoms with van der Waals surface area (Å²) in [6.45, 7) is 4.66. The summed E-state index contributed by atoms with van der Waals surface area (Å²) < 4.78 is 8.00. The predicted octanol–water partition coefficient (Wildman–Crippen LogP) is 5.74. The Morgan fingerprint density at radius 3 is 2.33 bits per heavy atom. The van der Waals surface area contributed by atoms with Crippen LogP contribution in [0.25, 0.3) is 16.8 Å². The third-order valence-corrected chi connectivity index (χ3v) is 4.53. The van der Waals surface area contributed by atoms with Crippen LogP contribution >= 0.6 is 0 Å². The van der Waals surface area contributed by atoms with Gasteiger partial charge >= 0.3 is 0 Å². The van der Waals surface area contributed by atoms with Crippen molar-refractivity contribution in [2.24, 2.45) is 0 Å². The van der Waals surface area contributed by atoms with Gasteiger partial charge in [0, 0.05) is 6.20 Å². The Morgan fingerprint density at radius 2 is 1.59 bits per heavy atom. The first kappa shape index (κ1) is 17.1. The standard InChI is InChI=1S/C24H22N2O/c1-18-11-13-21(14-12-18)23-16-26(22-10-6-7-19(2)15-22)25-24(23)27-17-20-8-4-3-5-9-20/h3-16H,17H2,1-2H3. The molecular formula is C24H22N2O. The second-order valence-corrected chi connectivity index (χ2v) is 6.77. The molecule has 0 atom stereocenters. The molecule has 0 unspecified atom stereocenters. The summed E-state index contributed by atoms with van der Waals surface area (Å²) in [5.74, 6) is 0.643. The minimum atomic E-state index is 0.491. The molecule has 134 valence electrons. The highest BCUT2D eigenvalue weighted by molar-refractivity contribution is 5.68. The van der Waals surface area contributed by atoms with Crippen LogP contribution in [0.3, 0.4) is 0 Å². The maximum atomic E-state index is 6.11. The summed E-state index contributed by atoms with van der Waals surface area (Å²) in [4.78, 5) is 0. The third-order valence-electron chi connectivity index (χ3n) is 4.53. The van der Waals surface area contributed by atoms with Crippen LogP contribution in [-0.4, -0.2) is 9.78 Å². The van der Waals surface area contributed by atoms with E-state index >= 15 is 0 Å². The zero-order valence-electron chi connectivity index (χ0n) is 15.6. The molecule has 4 aromatic rings. The van der Waals surface area contributed by atoms with Gasteiger partial charge in [-0.15, -0.1) is 5.10 Å². The van der Waals surface area contributed by atoms with Crippen LogP contribution in [0.2, 0.25) is 0 Å². The van der Waals surface area contributed by atoms with E-state index in [1.807, 2.05) is 35.1 Å². The monoisotopic (exact) mass is 354 g/mol. The Bertz CT molecular complexity index is 1030. The summed E-state index contributed by atoms with van der Waals surface area (Å²) in [6.07, 6.45) is 2.04. The zero-order chi connectivity index (χ0) is 18.6. The molecule has 4 rings (SSSR count). The average molecular weight is 354 g/mol. The minimum absolute atomic E-state index is 0.491. The van der Waals surface area contributed by atoms with Crippen molar-refractivity contribution in [3.63, 3.8) is 0 Å². The molecule has 0 saturated carbocycles. The highest BCUT2D eigenvalue weighted by Gasteiger charge is 2.14. The number of benzene rings is 3. The molecule has 0 saturated heterocycles. The Balaban J connectivity index is 1.71. The first-order valence-corrected chi connectivity index (χ1v) is 9.09. The van der Waals surface area contributed by atoms with Crippen molar-refractivity contribution >= 4 is 0 Å². The van der Waals surface area contributed by atoms with E-state index in [0.29, 0.717) is 12.5 Å². The van der Waals surface area contributed by atoms with Gasteiger partial charge in [-0.2, -0.15) is 0 Å².